The zero-order chi connectivity index (χ0) is 14.0. The van der Waals surface area contributed by atoms with E-state index < -0.39 is 4.32 Å². The van der Waals surface area contributed by atoms with Crippen molar-refractivity contribution in [3.63, 3.8) is 0 Å². The average molecular weight is 323 g/mol. The third kappa shape index (κ3) is 3.44. The van der Waals surface area contributed by atoms with E-state index in [1.807, 2.05) is 24.3 Å². The Labute approximate surface area is 120 Å². The lowest BCUT2D eigenvalue weighted by Crippen LogP contribution is -2.30. The number of anilines is 1. The average Bonchev–Trinajstić information content (AvgIpc) is 2.75. The molecule has 1 aromatic carbocycles. The van der Waals surface area contributed by atoms with E-state index in [-0.39, 0.29) is 5.91 Å². The molecular formula is C14H15BrN2O2. The molecule has 0 bridgehead atoms. The molecule has 2 rings (SSSR count). The number of nitrogens with zero attached hydrogens (tertiary/aromatic N) is 1. The lowest BCUT2D eigenvalue weighted by molar-refractivity contribution is -0.117. The van der Waals surface area contributed by atoms with Gasteiger partial charge in [-0.05, 0) is 26.0 Å². The quantitative estimate of drug-likeness (QED) is 0.875. The summed E-state index contributed by atoms with van der Waals surface area (Å²) in [6.07, 6.45) is 1.62. The van der Waals surface area contributed by atoms with Gasteiger partial charge in [0.25, 0.3) is 0 Å². The van der Waals surface area contributed by atoms with Crippen LogP contribution in [0.4, 0.5) is 5.69 Å². The number of carbonyl (C=O) groups is 1. The van der Waals surface area contributed by atoms with Crippen molar-refractivity contribution < 1.29 is 9.21 Å². The molecule has 1 aromatic heterocycles. The Morgan fingerprint density at radius 1 is 1.32 bits per heavy atom. The summed E-state index contributed by atoms with van der Waals surface area (Å²) >= 11 is 3.32. The molecule has 0 fully saturated rings. The molecule has 1 N–H and O–H groups in total. The SMILES string of the molecule is Cc1nc(-c2ccc(NC(=O)C(C)(C)Br)cc2)co1. The molecule has 19 heavy (non-hydrogen) atoms. The van der Waals surface area contributed by atoms with Gasteiger partial charge in [-0.3, -0.25) is 4.79 Å². The van der Waals surface area contributed by atoms with Crippen molar-refractivity contribution in [3.8, 4) is 11.3 Å². The number of halogens is 1. The minimum Gasteiger partial charge on any atom is -0.449 e. The van der Waals surface area contributed by atoms with Crippen LogP contribution >= 0.6 is 15.9 Å². The predicted molar refractivity (Wildman–Crippen MR) is 78.3 cm³/mol. The first-order valence-corrected chi connectivity index (χ1v) is 6.68. The van der Waals surface area contributed by atoms with Gasteiger partial charge in [0.05, 0.1) is 4.32 Å². The van der Waals surface area contributed by atoms with E-state index in [0.29, 0.717) is 5.89 Å². The number of benzene rings is 1. The van der Waals surface area contributed by atoms with E-state index in [1.54, 1.807) is 27.0 Å². The number of nitrogens with one attached hydrogen (secondary N) is 1. The van der Waals surface area contributed by atoms with Crippen molar-refractivity contribution in [2.75, 3.05) is 5.32 Å². The normalized spacial score (nSPS) is 11.4. The monoisotopic (exact) mass is 322 g/mol. The highest BCUT2D eigenvalue weighted by molar-refractivity contribution is 9.10. The van der Waals surface area contributed by atoms with Crippen molar-refractivity contribution in [2.45, 2.75) is 25.1 Å². The fraction of sp³-hybridized carbons (Fsp3) is 0.286. The molecule has 1 heterocycles. The molecule has 1 amide bonds. The summed E-state index contributed by atoms with van der Waals surface area (Å²) in [5, 5.41) is 2.84. The summed E-state index contributed by atoms with van der Waals surface area (Å²) in [5.41, 5.74) is 2.49. The van der Waals surface area contributed by atoms with Crippen LogP contribution in [-0.4, -0.2) is 15.2 Å². The lowest BCUT2D eigenvalue weighted by Gasteiger charge is -2.15. The van der Waals surface area contributed by atoms with Crippen LogP contribution in [0.15, 0.2) is 34.9 Å². The van der Waals surface area contributed by atoms with Crippen LogP contribution in [0.2, 0.25) is 0 Å². The molecule has 4 nitrogen and oxygen atoms in total. The Hall–Kier alpha value is -1.62. The van der Waals surface area contributed by atoms with Crippen molar-refractivity contribution in [1.82, 2.24) is 4.98 Å². The summed E-state index contributed by atoms with van der Waals surface area (Å²) in [6.45, 7) is 5.40. The third-order valence-corrected chi connectivity index (χ3v) is 2.96. The van der Waals surface area contributed by atoms with Crippen LogP contribution in [0.3, 0.4) is 0 Å². The summed E-state index contributed by atoms with van der Waals surface area (Å²) in [6, 6.07) is 7.48. The van der Waals surface area contributed by atoms with Gasteiger partial charge < -0.3 is 9.73 Å². The highest BCUT2D eigenvalue weighted by atomic mass is 79.9. The number of oxazole rings is 1. The molecule has 2 aromatic rings. The lowest BCUT2D eigenvalue weighted by atomic mass is 10.1. The molecule has 0 saturated carbocycles. The van der Waals surface area contributed by atoms with Crippen molar-refractivity contribution >= 4 is 27.5 Å². The Morgan fingerprint density at radius 2 is 1.95 bits per heavy atom. The first kappa shape index (κ1) is 13.8. The second kappa shape index (κ2) is 5.17. The van der Waals surface area contributed by atoms with Crippen LogP contribution < -0.4 is 5.32 Å². The van der Waals surface area contributed by atoms with Gasteiger partial charge in [-0.25, -0.2) is 4.98 Å². The van der Waals surface area contributed by atoms with Crippen LogP contribution in [0.25, 0.3) is 11.3 Å². The number of aromatic nitrogens is 1. The number of hydrogen-bond donors (Lipinski definition) is 1. The molecule has 0 radical (unpaired) electrons. The molecule has 100 valence electrons. The number of rotatable bonds is 3. The molecule has 0 aliphatic carbocycles. The van der Waals surface area contributed by atoms with Gasteiger partial charge in [0.15, 0.2) is 5.89 Å². The fourth-order valence-electron chi connectivity index (χ4n) is 1.50. The van der Waals surface area contributed by atoms with Crippen molar-refractivity contribution in [1.29, 1.82) is 0 Å². The number of aryl methyl sites for hydroxylation is 1. The second-order valence-electron chi connectivity index (χ2n) is 4.76. The smallest absolute Gasteiger partial charge is 0.240 e. The van der Waals surface area contributed by atoms with Crippen molar-refractivity contribution in [3.05, 3.63) is 36.4 Å². The molecular weight excluding hydrogens is 308 g/mol. The molecule has 0 atom stereocenters. The van der Waals surface area contributed by atoms with Gasteiger partial charge in [-0.2, -0.15) is 0 Å². The van der Waals surface area contributed by atoms with Crippen LogP contribution in [0.1, 0.15) is 19.7 Å². The third-order valence-electron chi connectivity index (χ3n) is 2.60. The highest BCUT2D eigenvalue weighted by Gasteiger charge is 2.23. The van der Waals surface area contributed by atoms with Gasteiger partial charge in [-0.15, -0.1) is 0 Å². The minimum atomic E-state index is -0.588. The van der Waals surface area contributed by atoms with Gasteiger partial charge >= 0.3 is 0 Å². The van der Waals surface area contributed by atoms with E-state index in [2.05, 4.69) is 26.2 Å². The Morgan fingerprint density at radius 3 is 2.42 bits per heavy atom. The molecule has 0 saturated heterocycles. The summed E-state index contributed by atoms with van der Waals surface area (Å²) < 4.78 is 4.58. The van der Waals surface area contributed by atoms with E-state index in [1.165, 1.54) is 0 Å². The fourth-order valence-corrected chi connectivity index (χ4v) is 1.60. The molecule has 0 aliphatic rings. The largest absolute Gasteiger partial charge is 0.449 e. The van der Waals surface area contributed by atoms with Gasteiger partial charge in [0, 0.05) is 18.2 Å². The zero-order valence-corrected chi connectivity index (χ0v) is 12.6. The van der Waals surface area contributed by atoms with E-state index in [4.69, 9.17) is 4.42 Å². The summed E-state index contributed by atoms with van der Waals surface area (Å²) in [5.74, 6) is 0.547. The maximum absolute atomic E-state index is 11.8. The first-order chi connectivity index (χ1) is 8.86. The first-order valence-electron chi connectivity index (χ1n) is 5.89. The topological polar surface area (TPSA) is 55.1 Å². The van der Waals surface area contributed by atoms with E-state index in [0.717, 1.165) is 16.9 Å². The summed E-state index contributed by atoms with van der Waals surface area (Å²) in [7, 11) is 0. The minimum absolute atomic E-state index is 0.0856. The van der Waals surface area contributed by atoms with Gasteiger partial charge in [0.1, 0.15) is 12.0 Å². The maximum Gasteiger partial charge on any atom is 0.240 e. The van der Waals surface area contributed by atoms with Gasteiger partial charge in [0.2, 0.25) is 5.91 Å². The molecule has 0 spiro atoms. The molecule has 0 aliphatic heterocycles. The van der Waals surface area contributed by atoms with Crippen LogP contribution in [-0.2, 0) is 4.79 Å². The number of hydrogen-bond acceptors (Lipinski definition) is 3. The molecule has 5 heteroatoms. The number of alkyl halides is 1. The Balaban J connectivity index is 2.13. The predicted octanol–water partition coefficient (Wildman–Crippen LogP) is 3.76. The van der Waals surface area contributed by atoms with Crippen molar-refractivity contribution in [2.24, 2.45) is 0 Å². The second-order valence-corrected chi connectivity index (χ2v) is 6.74. The van der Waals surface area contributed by atoms with E-state index >= 15 is 0 Å². The Bertz CT molecular complexity index is 582. The zero-order valence-electron chi connectivity index (χ0n) is 11.0. The Kier molecular flexibility index (Phi) is 3.75. The highest BCUT2D eigenvalue weighted by Crippen LogP contribution is 2.22. The number of carbonyl (C=O) groups excluding carboxylic acids is 1. The maximum atomic E-state index is 11.8. The number of amides is 1. The van der Waals surface area contributed by atoms with Crippen LogP contribution in [0.5, 0.6) is 0 Å². The van der Waals surface area contributed by atoms with Crippen LogP contribution in [0, 0.1) is 6.92 Å². The summed E-state index contributed by atoms with van der Waals surface area (Å²) in [4.78, 5) is 16.1. The standard InChI is InChI=1S/C14H15BrN2O2/c1-9-16-12(8-19-9)10-4-6-11(7-5-10)17-13(18)14(2,3)15/h4-8H,1-3H3,(H,17,18). The van der Waals surface area contributed by atoms with E-state index in [9.17, 15) is 4.79 Å². The van der Waals surface area contributed by atoms with Gasteiger partial charge in [-0.1, -0.05) is 28.1 Å². The molecule has 0 unspecified atom stereocenters.